The SMILES string of the molecule is CC(O)C(NC(=O)N1CCC(O)C1)C(=O)O. The van der Waals surface area contributed by atoms with Crippen molar-refractivity contribution >= 4 is 12.0 Å². The molecular weight excluding hydrogens is 216 g/mol. The second kappa shape index (κ2) is 5.13. The summed E-state index contributed by atoms with van der Waals surface area (Å²) < 4.78 is 0. The van der Waals surface area contributed by atoms with Gasteiger partial charge >= 0.3 is 12.0 Å². The van der Waals surface area contributed by atoms with Gasteiger partial charge in [-0.2, -0.15) is 0 Å². The molecule has 7 nitrogen and oxygen atoms in total. The summed E-state index contributed by atoms with van der Waals surface area (Å²) in [6.45, 7) is 1.87. The topological polar surface area (TPSA) is 110 Å². The number of likely N-dealkylation sites (tertiary alicyclic amines) is 1. The van der Waals surface area contributed by atoms with Crippen molar-refractivity contribution in [3.8, 4) is 0 Å². The van der Waals surface area contributed by atoms with E-state index in [9.17, 15) is 14.7 Å². The Morgan fingerprint density at radius 1 is 1.50 bits per heavy atom. The molecule has 4 N–H and O–H groups in total. The highest BCUT2D eigenvalue weighted by Crippen LogP contribution is 2.09. The van der Waals surface area contributed by atoms with Gasteiger partial charge in [0.1, 0.15) is 0 Å². The van der Waals surface area contributed by atoms with Crippen molar-refractivity contribution in [1.82, 2.24) is 10.2 Å². The minimum absolute atomic E-state index is 0.192. The average molecular weight is 232 g/mol. The number of hydrogen-bond acceptors (Lipinski definition) is 4. The summed E-state index contributed by atoms with van der Waals surface area (Å²) in [5.74, 6) is -1.29. The van der Waals surface area contributed by atoms with Crippen LogP contribution in [0.3, 0.4) is 0 Å². The molecule has 92 valence electrons. The van der Waals surface area contributed by atoms with Gasteiger partial charge in [0.15, 0.2) is 6.04 Å². The molecule has 1 heterocycles. The van der Waals surface area contributed by atoms with Gasteiger partial charge in [0, 0.05) is 13.1 Å². The summed E-state index contributed by atoms with van der Waals surface area (Å²) in [6.07, 6.45) is -1.24. The lowest BCUT2D eigenvalue weighted by Crippen LogP contribution is -2.52. The van der Waals surface area contributed by atoms with Crippen LogP contribution in [0.5, 0.6) is 0 Å². The molecule has 3 atom stereocenters. The first kappa shape index (κ1) is 12.7. The maximum Gasteiger partial charge on any atom is 0.328 e. The Morgan fingerprint density at radius 3 is 2.50 bits per heavy atom. The Balaban J connectivity index is 2.52. The number of aliphatic hydroxyl groups is 2. The molecule has 16 heavy (non-hydrogen) atoms. The first-order valence-corrected chi connectivity index (χ1v) is 5.06. The molecule has 0 bridgehead atoms. The van der Waals surface area contributed by atoms with E-state index >= 15 is 0 Å². The number of aliphatic hydroxyl groups excluding tert-OH is 2. The average Bonchev–Trinajstić information content (AvgIpc) is 2.59. The summed E-state index contributed by atoms with van der Waals surface area (Å²) in [5.41, 5.74) is 0. The first-order valence-electron chi connectivity index (χ1n) is 5.06. The largest absolute Gasteiger partial charge is 0.480 e. The van der Waals surface area contributed by atoms with Crippen molar-refractivity contribution in [1.29, 1.82) is 0 Å². The van der Waals surface area contributed by atoms with Gasteiger partial charge in [-0.25, -0.2) is 9.59 Å². The molecule has 0 saturated carbocycles. The Morgan fingerprint density at radius 2 is 2.12 bits per heavy atom. The van der Waals surface area contributed by atoms with E-state index in [2.05, 4.69) is 5.32 Å². The second-order valence-corrected chi connectivity index (χ2v) is 3.89. The highest BCUT2D eigenvalue weighted by atomic mass is 16.4. The van der Waals surface area contributed by atoms with Crippen LogP contribution in [0.4, 0.5) is 4.79 Å². The van der Waals surface area contributed by atoms with Crippen LogP contribution in [0.1, 0.15) is 13.3 Å². The molecule has 0 aromatic heterocycles. The van der Waals surface area contributed by atoms with Crippen LogP contribution in [0.15, 0.2) is 0 Å². The van der Waals surface area contributed by atoms with E-state index in [0.29, 0.717) is 13.0 Å². The number of β-amino-alcohol motifs (C(OH)–C–C–N with tert-alkyl or cyclic N) is 1. The van der Waals surface area contributed by atoms with E-state index in [0.717, 1.165) is 0 Å². The Hall–Kier alpha value is -1.34. The molecule has 2 amide bonds. The van der Waals surface area contributed by atoms with Crippen LogP contribution >= 0.6 is 0 Å². The van der Waals surface area contributed by atoms with Crippen LogP contribution in [0.2, 0.25) is 0 Å². The summed E-state index contributed by atoms with van der Waals surface area (Å²) in [6, 6.07) is -1.91. The maximum absolute atomic E-state index is 11.5. The molecule has 0 aromatic rings. The Bertz CT molecular complexity index is 281. The molecular formula is C9H16N2O5. The lowest BCUT2D eigenvalue weighted by molar-refractivity contribution is -0.141. The van der Waals surface area contributed by atoms with Crippen molar-refractivity contribution in [3.63, 3.8) is 0 Å². The highest BCUT2D eigenvalue weighted by molar-refractivity contribution is 5.83. The lowest BCUT2D eigenvalue weighted by atomic mass is 10.2. The van der Waals surface area contributed by atoms with Crippen molar-refractivity contribution in [2.45, 2.75) is 31.6 Å². The fraction of sp³-hybridized carbons (Fsp3) is 0.778. The number of carbonyl (C=O) groups excluding carboxylic acids is 1. The van der Waals surface area contributed by atoms with Gasteiger partial charge in [-0.15, -0.1) is 0 Å². The summed E-state index contributed by atoms with van der Waals surface area (Å²) in [4.78, 5) is 23.6. The zero-order valence-corrected chi connectivity index (χ0v) is 8.96. The summed E-state index contributed by atoms with van der Waals surface area (Å²) in [7, 11) is 0. The van der Waals surface area contributed by atoms with Gasteiger partial charge in [-0.1, -0.05) is 0 Å². The minimum atomic E-state index is -1.33. The van der Waals surface area contributed by atoms with Gasteiger partial charge in [0.05, 0.1) is 12.2 Å². The third-order valence-corrected chi connectivity index (χ3v) is 2.48. The minimum Gasteiger partial charge on any atom is -0.480 e. The molecule has 7 heteroatoms. The third kappa shape index (κ3) is 3.07. The zero-order chi connectivity index (χ0) is 12.3. The molecule has 1 fully saturated rings. The maximum atomic E-state index is 11.5. The van der Waals surface area contributed by atoms with Gasteiger partial charge in [0.25, 0.3) is 0 Å². The monoisotopic (exact) mass is 232 g/mol. The molecule has 0 radical (unpaired) electrons. The Kier molecular flexibility index (Phi) is 4.08. The van der Waals surface area contributed by atoms with E-state index in [1.807, 2.05) is 0 Å². The third-order valence-electron chi connectivity index (χ3n) is 2.48. The van der Waals surface area contributed by atoms with E-state index in [1.165, 1.54) is 11.8 Å². The second-order valence-electron chi connectivity index (χ2n) is 3.89. The number of nitrogens with one attached hydrogen (secondary N) is 1. The smallest absolute Gasteiger partial charge is 0.328 e. The normalized spacial score (nSPS) is 23.9. The molecule has 1 aliphatic heterocycles. The molecule has 1 saturated heterocycles. The van der Waals surface area contributed by atoms with Gasteiger partial charge < -0.3 is 25.5 Å². The number of urea groups is 1. The van der Waals surface area contributed by atoms with Crippen LogP contribution < -0.4 is 5.32 Å². The highest BCUT2D eigenvalue weighted by Gasteiger charge is 2.30. The van der Waals surface area contributed by atoms with Gasteiger partial charge in [0.2, 0.25) is 0 Å². The van der Waals surface area contributed by atoms with Crippen molar-refractivity contribution < 1.29 is 24.9 Å². The van der Waals surface area contributed by atoms with E-state index in [4.69, 9.17) is 10.2 Å². The zero-order valence-electron chi connectivity index (χ0n) is 8.96. The van der Waals surface area contributed by atoms with E-state index < -0.39 is 30.3 Å². The Labute approximate surface area is 92.7 Å². The number of hydrogen-bond donors (Lipinski definition) is 4. The lowest BCUT2D eigenvalue weighted by Gasteiger charge is -2.22. The summed E-state index contributed by atoms with van der Waals surface area (Å²) >= 11 is 0. The summed E-state index contributed by atoms with van der Waals surface area (Å²) in [5, 5.41) is 29.3. The number of carboxylic acid groups (broad SMARTS) is 1. The van der Waals surface area contributed by atoms with Gasteiger partial charge in [-0.3, -0.25) is 0 Å². The van der Waals surface area contributed by atoms with Crippen LogP contribution in [-0.2, 0) is 4.79 Å². The predicted molar refractivity (Wildman–Crippen MR) is 53.8 cm³/mol. The molecule has 0 aliphatic carbocycles. The van der Waals surface area contributed by atoms with E-state index in [-0.39, 0.29) is 6.54 Å². The number of nitrogens with zero attached hydrogens (tertiary/aromatic N) is 1. The number of rotatable bonds is 3. The molecule has 0 aromatic carbocycles. The standard InChI is InChI=1S/C9H16N2O5/c1-5(12)7(8(14)15)10-9(16)11-3-2-6(13)4-11/h5-7,12-13H,2-4H2,1H3,(H,10,16)(H,14,15). The molecule has 1 rings (SSSR count). The fourth-order valence-electron chi connectivity index (χ4n) is 1.54. The fourth-order valence-corrected chi connectivity index (χ4v) is 1.54. The van der Waals surface area contributed by atoms with Gasteiger partial charge in [-0.05, 0) is 13.3 Å². The van der Waals surface area contributed by atoms with Crippen LogP contribution in [0.25, 0.3) is 0 Å². The van der Waals surface area contributed by atoms with E-state index in [1.54, 1.807) is 0 Å². The molecule has 3 unspecified atom stereocenters. The number of carbonyl (C=O) groups is 2. The quantitative estimate of drug-likeness (QED) is 0.478. The molecule has 0 spiro atoms. The van der Waals surface area contributed by atoms with Crippen molar-refractivity contribution in [2.75, 3.05) is 13.1 Å². The first-order chi connectivity index (χ1) is 7.41. The molecule has 1 aliphatic rings. The van der Waals surface area contributed by atoms with Crippen molar-refractivity contribution in [2.24, 2.45) is 0 Å². The van der Waals surface area contributed by atoms with Crippen LogP contribution in [0, 0.1) is 0 Å². The number of amides is 2. The predicted octanol–water partition coefficient (Wildman–Crippen LogP) is -1.40. The van der Waals surface area contributed by atoms with Crippen LogP contribution in [-0.4, -0.2) is 63.6 Å². The number of aliphatic carboxylic acids is 1. The van der Waals surface area contributed by atoms with Crippen molar-refractivity contribution in [3.05, 3.63) is 0 Å². The number of carboxylic acids is 1.